The Hall–Kier alpha value is -1.25. The Kier molecular flexibility index (Phi) is 5.69. The molecule has 0 aliphatic carbocycles. The summed E-state index contributed by atoms with van der Waals surface area (Å²) in [5.74, 6) is 2.89. The van der Waals surface area contributed by atoms with E-state index in [1.54, 1.807) is 0 Å². The first-order valence-corrected chi connectivity index (χ1v) is 8.31. The van der Waals surface area contributed by atoms with Gasteiger partial charge in [0.05, 0.1) is 0 Å². The van der Waals surface area contributed by atoms with Crippen LogP contribution in [0.1, 0.15) is 25.5 Å². The molecule has 0 fully saturated rings. The summed E-state index contributed by atoms with van der Waals surface area (Å²) in [5.41, 5.74) is 9.97. The van der Waals surface area contributed by atoms with Crippen molar-refractivity contribution in [3.63, 3.8) is 0 Å². The van der Waals surface area contributed by atoms with Gasteiger partial charge in [0.15, 0.2) is 0 Å². The normalized spacial score (nSPS) is 12.6. The predicted octanol–water partition coefficient (Wildman–Crippen LogP) is 4.74. The van der Waals surface area contributed by atoms with Crippen LogP contribution in [0, 0.1) is 5.92 Å². The molecule has 0 aromatic heterocycles. The summed E-state index contributed by atoms with van der Waals surface area (Å²) in [4.78, 5) is 0. The summed E-state index contributed by atoms with van der Waals surface area (Å²) in [6.07, 6.45) is 0. The van der Waals surface area contributed by atoms with Gasteiger partial charge in [-0.1, -0.05) is 68.4 Å². The van der Waals surface area contributed by atoms with Crippen LogP contribution in [0.4, 0.5) is 0 Å². The predicted molar refractivity (Wildman–Crippen MR) is 91.0 cm³/mol. The molecule has 1 unspecified atom stereocenters. The van der Waals surface area contributed by atoms with Crippen molar-refractivity contribution in [1.82, 2.24) is 0 Å². The van der Waals surface area contributed by atoms with E-state index in [-0.39, 0.29) is 6.04 Å². The molecule has 20 heavy (non-hydrogen) atoms. The molecular formula is C18H23NS. The quantitative estimate of drug-likeness (QED) is 0.829. The zero-order valence-electron chi connectivity index (χ0n) is 12.3. The third-order valence-electron chi connectivity index (χ3n) is 3.19. The van der Waals surface area contributed by atoms with Crippen LogP contribution in [0.15, 0.2) is 54.6 Å². The van der Waals surface area contributed by atoms with Crippen molar-refractivity contribution >= 4 is 11.8 Å². The molecule has 1 nitrogen and oxygen atoms in total. The van der Waals surface area contributed by atoms with E-state index < -0.39 is 0 Å². The summed E-state index contributed by atoms with van der Waals surface area (Å²) in [6, 6.07) is 19.2. The molecule has 2 heteroatoms. The Morgan fingerprint density at radius 1 is 0.850 bits per heavy atom. The highest BCUT2D eigenvalue weighted by atomic mass is 32.2. The molecule has 0 aliphatic heterocycles. The van der Waals surface area contributed by atoms with Crippen molar-refractivity contribution in [2.45, 2.75) is 19.9 Å². The second kappa shape index (κ2) is 7.51. The Balaban J connectivity index is 1.97. The topological polar surface area (TPSA) is 26.0 Å². The average Bonchev–Trinajstić information content (AvgIpc) is 2.48. The van der Waals surface area contributed by atoms with Crippen LogP contribution in [0.2, 0.25) is 0 Å². The highest BCUT2D eigenvalue weighted by molar-refractivity contribution is 7.99. The number of benzene rings is 2. The molecular weight excluding hydrogens is 262 g/mol. The lowest BCUT2D eigenvalue weighted by Crippen LogP contribution is -2.13. The Morgan fingerprint density at radius 2 is 1.45 bits per heavy atom. The van der Waals surface area contributed by atoms with Crippen molar-refractivity contribution in [2.75, 3.05) is 11.5 Å². The highest BCUT2D eigenvalue weighted by Gasteiger charge is 2.07. The van der Waals surface area contributed by atoms with Crippen molar-refractivity contribution in [3.8, 4) is 11.1 Å². The van der Waals surface area contributed by atoms with Gasteiger partial charge < -0.3 is 5.73 Å². The second-order valence-electron chi connectivity index (χ2n) is 5.53. The fraction of sp³-hybridized carbons (Fsp3) is 0.333. The van der Waals surface area contributed by atoms with Crippen LogP contribution in [-0.2, 0) is 0 Å². The molecule has 0 radical (unpaired) electrons. The van der Waals surface area contributed by atoms with Gasteiger partial charge in [-0.25, -0.2) is 0 Å². The molecule has 0 spiro atoms. The molecule has 0 amide bonds. The van der Waals surface area contributed by atoms with E-state index in [9.17, 15) is 0 Å². The number of thioether (sulfide) groups is 1. The molecule has 0 bridgehead atoms. The van der Waals surface area contributed by atoms with Gasteiger partial charge >= 0.3 is 0 Å². The molecule has 106 valence electrons. The second-order valence-corrected chi connectivity index (χ2v) is 6.60. The summed E-state index contributed by atoms with van der Waals surface area (Å²) >= 11 is 1.94. The third kappa shape index (κ3) is 4.39. The maximum Gasteiger partial charge on any atom is 0.0386 e. The minimum absolute atomic E-state index is 0.128. The van der Waals surface area contributed by atoms with E-state index in [0.717, 1.165) is 11.7 Å². The lowest BCUT2D eigenvalue weighted by atomic mass is 10.0. The fourth-order valence-corrected chi connectivity index (χ4v) is 3.13. The molecule has 0 heterocycles. The average molecular weight is 285 g/mol. The minimum atomic E-state index is 0.128. The van der Waals surface area contributed by atoms with E-state index in [0.29, 0.717) is 0 Å². The lowest BCUT2D eigenvalue weighted by molar-refractivity contribution is 0.746. The first kappa shape index (κ1) is 15.1. The maximum absolute atomic E-state index is 6.25. The van der Waals surface area contributed by atoms with E-state index >= 15 is 0 Å². The standard InChI is InChI=1S/C18H23NS/c1-14(2)12-20-13-18(19)17-10-8-16(9-11-17)15-6-4-3-5-7-15/h3-11,14,18H,12-13,19H2,1-2H3. The van der Waals surface area contributed by atoms with E-state index in [4.69, 9.17) is 5.73 Å². The summed E-state index contributed by atoms with van der Waals surface area (Å²) in [5, 5.41) is 0. The van der Waals surface area contributed by atoms with E-state index in [1.807, 2.05) is 17.8 Å². The smallest absolute Gasteiger partial charge is 0.0386 e. The summed E-state index contributed by atoms with van der Waals surface area (Å²) in [6.45, 7) is 4.49. The summed E-state index contributed by atoms with van der Waals surface area (Å²) in [7, 11) is 0. The zero-order valence-corrected chi connectivity index (χ0v) is 13.1. The molecule has 2 aromatic carbocycles. The van der Waals surface area contributed by atoms with Crippen LogP contribution >= 0.6 is 11.8 Å². The molecule has 0 saturated carbocycles. The van der Waals surface area contributed by atoms with Crippen molar-refractivity contribution in [1.29, 1.82) is 0 Å². The van der Waals surface area contributed by atoms with Crippen LogP contribution in [-0.4, -0.2) is 11.5 Å². The number of nitrogens with two attached hydrogens (primary N) is 1. The first-order valence-electron chi connectivity index (χ1n) is 7.15. The van der Waals surface area contributed by atoms with Gasteiger partial charge in [-0.05, 0) is 28.4 Å². The number of hydrogen-bond acceptors (Lipinski definition) is 2. The largest absolute Gasteiger partial charge is 0.323 e. The van der Waals surface area contributed by atoms with Gasteiger partial charge in [-0.3, -0.25) is 0 Å². The van der Waals surface area contributed by atoms with Crippen molar-refractivity contribution in [3.05, 3.63) is 60.2 Å². The molecule has 2 aromatic rings. The van der Waals surface area contributed by atoms with Crippen LogP contribution in [0.25, 0.3) is 11.1 Å². The van der Waals surface area contributed by atoms with Crippen molar-refractivity contribution in [2.24, 2.45) is 11.7 Å². The van der Waals surface area contributed by atoms with Crippen LogP contribution in [0.3, 0.4) is 0 Å². The molecule has 1 atom stereocenters. The number of rotatable bonds is 6. The lowest BCUT2D eigenvalue weighted by Gasteiger charge is -2.13. The van der Waals surface area contributed by atoms with Crippen molar-refractivity contribution < 1.29 is 0 Å². The first-order chi connectivity index (χ1) is 9.66. The third-order valence-corrected chi connectivity index (χ3v) is 4.69. The highest BCUT2D eigenvalue weighted by Crippen LogP contribution is 2.23. The van der Waals surface area contributed by atoms with Gasteiger partial charge in [-0.15, -0.1) is 0 Å². The van der Waals surface area contributed by atoms with E-state index in [2.05, 4.69) is 62.4 Å². The monoisotopic (exact) mass is 285 g/mol. The minimum Gasteiger partial charge on any atom is -0.323 e. The number of hydrogen-bond donors (Lipinski definition) is 1. The molecule has 2 rings (SSSR count). The molecule has 0 saturated heterocycles. The molecule has 0 aliphatic rings. The fourth-order valence-electron chi connectivity index (χ4n) is 2.08. The Morgan fingerprint density at radius 3 is 2.05 bits per heavy atom. The van der Waals surface area contributed by atoms with Gasteiger partial charge in [0.1, 0.15) is 0 Å². The van der Waals surface area contributed by atoms with Gasteiger partial charge in [0.25, 0.3) is 0 Å². The molecule has 2 N–H and O–H groups in total. The maximum atomic E-state index is 6.25. The zero-order chi connectivity index (χ0) is 14.4. The van der Waals surface area contributed by atoms with Gasteiger partial charge in [0.2, 0.25) is 0 Å². The van der Waals surface area contributed by atoms with Crippen LogP contribution < -0.4 is 5.73 Å². The van der Waals surface area contributed by atoms with Gasteiger partial charge in [-0.2, -0.15) is 11.8 Å². The van der Waals surface area contributed by atoms with Crippen LogP contribution in [0.5, 0.6) is 0 Å². The Labute approximate surface area is 126 Å². The van der Waals surface area contributed by atoms with Gasteiger partial charge in [0, 0.05) is 11.8 Å². The Bertz CT molecular complexity index is 505. The SMILES string of the molecule is CC(C)CSCC(N)c1ccc(-c2ccccc2)cc1. The van der Waals surface area contributed by atoms with E-state index in [1.165, 1.54) is 22.4 Å². The summed E-state index contributed by atoms with van der Waals surface area (Å²) < 4.78 is 0.